The lowest BCUT2D eigenvalue weighted by atomic mass is 9.90. The molecule has 1 aromatic heterocycles. The summed E-state index contributed by atoms with van der Waals surface area (Å²) in [6.07, 6.45) is 2.30. The molecule has 1 unspecified atom stereocenters. The highest BCUT2D eigenvalue weighted by Gasteiger charge is 2.59. The standard InChI is InChI=1S/C13H16N2O4/c1-8-6-10(14-19-8)11(16)15-4-2-13(3-5-15)7-9(13)12(17)18/h6,9H,2-5,7H2,1H3,(H,17,18). The Hall–Kier alpha value is -1.85. The number of hydrogen-bond donors (Lipinski definition) is 1. The SMILES string of the molecule is Cc1cc(C(=O)N2CCC3(CC2)CC3C(=O)O)no1. The van der Waals surface area contributed by atoms with Crippen molar-refractivity contribution in [2.24, 2.45) is 11.3 Å². The van der Waals surface area contributed by atoms with Crippen molar-refractivity contribution in [1.82, 2.24) is 10.1 Å². The first-order valence-electron chi connectivity index (χ1n) is 6.47. The third-order valence-corrected chi connectivity index (χ3v) is 4.38. The van der Waals surface area contributed by atoms with Crippen LogP contribution in [0.1, 0.15) is 35.5 Å². The Morgan fingerprint density at radius 1 is 1.47 bits per heavy atom. The lowest BCUT2D eigenvalue weighted by Gasteiger charge is -2.32. The van der Waals surface area contributed by atoms with Crippen molar-refractivity contribution >= 4 is 11.9 Å². The highest BCUT2D eigenvalue weighted by atomic mass is 16.5. The Morgan fingerprint density at radius 3 is 2.63 bits per heavy atom. The van der Waals surface area contributed by atoms with Crippen molar-refractivity contribution in [3.8, 4) is 0 Å². The summed E-state index contributed by atoms with van der Waals surface area (Å²) >= 11 is 0. The highest BCUT2D eigenvalue weighted by Crippen LogP contribution is 2.59. The molecule has 1 N–H and O–H groups in total. The largest absolute Gasteiger partial charge is 0.481 e. The first kappa shape index (κ1) is 12.2. The number of hydrogen-bond acceptors (Lipinski definition) is 4. The second-order valence-corrected chi connectivity index (χ2v) is 5.57. The minimum Gasteiger partial charge on any atom is -0.481 e. The summed E-state index contributed by atoms with van der Waals surface area (Å²) < 4.78 is 4.90. The number of aliphatic carboxylic acids is 1. The third kappa shape index (κ3) is 2.01. The van der Waals surface area contributed by atoms with Gasteiger partial charge in [-0.05, 0) is 31.6 Å². The van der Waals surface area contributed by atoms with E-state index in [2.05, 4.69) is 5.16 Å². The van der Waals surface area contributed by atoms with Gasteiger partial charge in [-0.1, -0.05) is 5.16 Å². The van der Waals surface area contributed by atoms with Crippen LogP contribution in [0.2, 0.25) is 0 Å². The van der Waals surface area contributed by atoms with Crippen LogP contribution in [0.3, 0.4) is 0 Å². The number of carboxylic acid groups (broad SMARTS) is 1. The van der Waals surface area contributed by atoms with Gasteiger partial charge in [0.2, 0.25) is 0 Å². The molecule has 0 aromatic carbocycles. The molecule has 1 aliphatic carbocycles. The molecule has 6 nitrogen and oxygen atoms in total. The number of nitrogens with zero attached hydrogens (tertiary/aromatic N) is 2. The van der Waals surface area contributed by atoms with Gasteiger partial charge in [-0.15, -0.1) is 0 Å². The lowest BCUT2D eigenvalue weighted by Crippen LogP contribution is -2.40. The van der Waals surface area contributed by atoms with Gasteiger partial charge in [-0.3, -0.25) is 9.59 Å². The van der Waals surface area contributed by atoms with Gasteiger partial charge in [-0.25, -0.2) is 0 Å². The molecule has 1 amide bonds. The van der Waals surface area contributed by atoms with Crippen molar-refractivity contribution in [3.63, 3.8) is 0 Å². The van der Waals surface area contributed by atoms with Gasteiger partial charge in [0.15, 0.2) is 5.69 Å². The molecule has 2 aliphatic rings. The number of carboxylic acids is 1. The van der Waals surface area contributed by atoms with Crippen LogP contribution >= 0.6 is 0 Å². The van der Waals surface area contributed by atoms with Gasteiger partial charge in [-0.2, -0.15) is 0 Å². The van der Waals surface area contributed by atoms with Crippen LogP contribution in [0.25, 0.3) is 0 Å². The van der Waals surface area contributed by atoms with Gasteiger partial charge in [0, 0.05) is 19.2 Å². The highest BCUT2D eigenvalue weighted by molar-refractivity contribution is 5.92. The molecular formula is C13H16N2O4. The normalized spacial score (nSPS) is 24.5. The predicted molar refractivity (Wildman–Crippen MR) is 64.6 cm³/mol. The Balaban J connectivity index is 1.62. The van der Waals surface area contributed by atoms with Crippen LogP contribution in [0, 0.1) is 18.3 Å². The molecule has 1 saturated carbocycles. The minimum atomic E-state index is -0.702. The monoisotopic (exact) mass is 264 g/mol. The van der Waals surface area contributed by atoms with Crippen LogP contribution in [0.15, 0.2) is 10.6 Å². The predicted octanol–water partition coefficient (Wildman–Crippen LogP) is 1.31. The summed E-state index contributed by atoms with van der Waals surface area (Å²) in [5.41, 5.74) is 0.279. The first-order valence-corrected chi connectivity index (χ1v) is 6.47. The Kier molecular flexibility index (Phi) is 2.62. The molecule has 102 valence electrons. The topological polar surface area (TPSA) is 83.6 Å². The molecule has 0 bridgehead atoms. The Morgan fingerprint density at radius 2 is 2.16 bits per heavy atom. The van der Waals surface area contributed by atoms with Gasteiger partial charge < -0.3 is 14.5 Å². The molecular weight excluding hydrogens is 248 g/mol. The average molecular weight is 264 g/mol. The van der Waals surface area contributed by atoms with E-state index in [1.165, 1.54) is 0 Å². The lowest BCUT2D eigenvalue weighted by molar-refractivity contribution is -0.139. The molecule has 1 atom stereocenters. The van der Waals surface area contributed by atoms with E-state index in [1.807, 2.05) is 0 Å². The van der Waals surface area contributed by atoms with E-state index >= 15 is 0 Å². The number of aromatic nitrogens is 1. The molecule has 1 aromatic rings. The fourth-order valence-corrected chi connectivity index (χ4v) is 3.03. The summed E-state index contributed by atoms with van der Waals surface area (Å²) in [6.45, 7) is 2.96. The Bertz CT molecular complexity index is 529. The molecule has 2 heterocycles. The zero-order chi connectivity index (χ0) is 13.6. The zero-order valence-electron chi connectivity index (χ0n) is 10.8. The molecule has 1 spiro atoms. The zero-order valence-corrected chi connectivity index (χ0v) is 10.8. The van der Waals surface area contributed by atoms with Crippen molar-refractivity contribution in [2.45, 2.75) is 26.2 Å². The van der Waals surface area contributed by atoms with Crippen molar-refractivity contribution in [1.29, 1.82) is 0 Å². The quantitative estimate of drug-likeness (QED) is 0.870. The summed E-state index contributed by atoms with van der Waals surface area (Å²) in [7, 11) is 0. The van der Waals surface area contributed by atoms with E-state index in [-0.39, 0.29) is 17.2 Å². The van der Waals surface area contributed by atoms with Gasteiger partial charge in [0.05, 0.1) is 5.92 Å². The van der Waals surface area contributed by atoms with Crippen LogP contribution < -0.4 is 0 Å². The van der Waals surface area contributed by atoms with E-state index < -0.39 is 5.97 Å². The number of likely N-dealkylation sites (tertiary alicyclic amines) is 1. The maximum Gasteiger partial charge on any atom is 0.307 e. The van der Waals surface area contributed by atoms with Crippen LogP contribution in [0.5, 0.6) is 0 Å². The fourth-order valence-electron chi connectivity index (χ4n) is 3.03. The summed E-state index contributed by atoms with van der Waals surface area (Å²) in [5.74, 6) is -0.421. The molecule has 3 rings (SSSR count). The van der Waals surface area contributed by atoms with Crippen molar-refractivity contribution in [3.05, 3.63) is 17.5 Å². The van der Waals surface area contributed by atoms with Crippen LogP contribution in [-0.2, 0) is 4.79 Å². The molecule has 1 aliphatic heterocycles. The second kappa shape index (κ2) is 4.08. The maximum absolute atomic E-state index is 12.1. The summed E-state index contributed by atoms with van der Waals surface area (Å²) in [5, 5.41) is 12.7. The van der Waals surface area contributed by atoms with Crippen molar-refractivity contribution in [2.75, 3.05) is 13.1 Å². The van der Waals surface area contributed by atoms with Crippen molar-refractivity contribution < 1.29 is 19.2 Å². The number of carbonyl (C=O) groups excluding carboxylic acids is 1. The average Bonchev–Trinajstić information content (AvgIpc) is 2.91. The molecule has 6 heteroatoms. The molecule has 0 radical (unpaired) electrons. The Labute approximate surface area is 110 Å². The van der Waals surface area contributed by atoms with Crippen LogP contribution in [0.4, 0.5) is 0 Å². The van der Waals surface area contributed by atoms with Crippen LogP contribution in [-0.4, -0.2) is 40.1 Å². The summed E-state index contributed by atoms with van der Waals surface area (Å²) in [6, 6.07) is 1.63. The maximum atomic E-state index is 12.1. The van der Waals surface area contributed by atoms with Gasteiger partial charge in [0.1, 0.15) is 5.76 Å². The van der Waals surface area contributed by atoms with Gasteiger partial charge in [0.25, 0.3) is 5.91 Å². The number of piperidine rings is 1. The number of carbonyl (C=O) groups is 2. The third-order valence-electron chi connectivity index (χ3n) is 4.38. The second-order valence-electron chi connectivity index (χ2n) is 5.57. The van der Waals surface area contributed by atoms with E-state index in [9.17, 15) is 9.59 Å². The number of aryl methyl sites for hydroxylation is 1. The molecule has 1 saturated heterocycles. The number of rotatable bonds is 2. The van der Waals surface area contributed by atoms with E-state index in [1.54, 1.807) is 17.9 Å². The van der Waals surface area contributed by atoms with Gasteiger partial charge >= 0.3 is 5.97 Å². The minimum absolute atomic E-state index is 0.0532. The summed E-state index contributed by atoms with van der Waals surface area (Å²) in [4.78, 5) is 24.9. The smallest absolute Gasteiger partial charge is 0.307 e. The number of amides is 1. The molecule has 19 heavy (non-hydrogen) atoms. The molecule has 2 fully saturated rings. The fraction of sp³-hybridized carbons (Fsp3) is 0.615. The van der Waals surface area contributed by atoms with E-state index in [0.717, 1.165) is 19.3 Å². The van der Waals surface area contributed by atoms with E-state index in [4.69, 9.17) is 9.63 Å². The first-order chi connectivity index (χ1) is 9.02. The van der Waals surface area contributed by atoms with E-state index in [0.29, 0.717) is 24.5 Å².